The fourth-order valence-corrected chi connectivity index (χ4v) is 3.53. The Kier molecular flexibility index (Phi) is 6.21. The number of benzene rings is 1. The number of hydrogen-bond acceptors (Lipinski definition) is 7. The summed E-state index contributed by atoms with van der Waals surface area (Å²) in [5.41, 5.74) is 1.13. The number of piperidine rings is 1. The molecule has 1 aliphatic rings. The van der Waals surface area contributed by atoms with E-state index >= 15 is 0 Å². The first-order valence-corrected chi connectivity index (χ1v) is 10.3. The minimum absolute atomic E-state index is 0.0105. The summed E-state index contributed by atoms with van der Waals surface area (Å²) in [7, 11) is 0. The molecule has 1 N–H and O–H groups in total. The molecular formula is C22H24N6O3. The molecule has 0 radical (unpaired) electrons. The van der Waals surface area contributed by atoms with E-state index in [4.69, 9.17) is 4.74 Å². The molecule has 0 unspecified atom stereocenters. The molecule has 9 nitrogen and oxygen atoms in total. The molecule has 9 heteroatoms. The number of amides is 1. The van der Waals surface area contributed by atoms with Crippen molar-refractivity contribution < 1.29 is 14.3 Å². The van der Waals surface area contributed by atoms with E-state index in [9.17, 15) is 9.59 Å². The minimum Gasteiger partial charge on any atom is -0.462 e. The van der Waals surface area contributed by atoms with Crippen molar-refractivity contribution in [2.45, 2.75) is 19.8 Å². The lowest BCUT2D eigenvalue weighted by molar-refractivity contribution is -0.120. The number of nitrogens with zero attached hydrogens (tertiary/aromatic N) is 5. The highest BCUT2D eigenvalue weighted by Crippen LogP contribution is 2.23. The van der Waals surface area contributed by atoms with E-state index < -0.39 is 0 Å². The second-order valence-electron chi connectivity index (χ2n) is 7.25. The van der Waals surface area contributed by atoms with Crippen molar-refractivity contribution in [3.05, 3.63) is 60.4 Å². The van der Waals surface area contributed by atoms with Gasteiger partial charge in [0.25, 0.3) is 0 Å². The van der Waals surface area contributed by atoms with Gasteiger partial charge in [-0.05, 0) is 62.2 Å². The Hall–Kier alpha value is -3.75. The van der Waals surface area contributed by atoms with Crippen LogP contribution in [0.25, 0.3) is 5.82 Å². The van der Waals surface area contributed by atoms with Crippen molar-refractivity contribution in [2.24, 2.45) is 5.92 Å². The third-order valence-corrected chi connectivity index (χ3v) is 5.23. The van der Waals surface area contributed by atoms with Gasteiger partial charge in [-0.15, -0.1) is 10.2 Å². The molecule has 1 aliphatic heterocycles. The first-order chi connectivity index (χ1) is 15.1. The van der Waals surface area contributed by atoms with Crippen molar-refractivity contribution in [3.63, 3.8) is 0 Å². The summed E-state index contributed by atoms with van der Waals surface area (Å²) in [6.45, 7) is 3.56. The summed E-state index contributed by atoms with van der Waals surface area (Å²) in [6, 6.07) is 12.4. The third-order valence-electron chi connectivity index (χ3n) is 5.23. The number of rotatable bonds is 6. The van der Waals surface area contributed by atoms with Crippen LogP contribution in [0.2, 0.25) is 0 Å². The second kappa shape index (κ2) is 9.38. The predicted molar refractivity (Wildman–Crippen MR) is 115 cm³/mol. The first-order valence-electron chi connectivity index (χ1n) is 10.3. The largest absolute Gasteiger partial charge is 0.462 e. The van der Waals surface area contributed by atoms with Gasteiger partial charge in [0.05, 0.1) is 12.2 Å². The SMILES string of the molecule is CCOC(=O)c1ccc(NC(=O)C2CCN(c3ccc(-n4cccn4)nn3)CC2)cc1. The number of carbonyl (C=O) groups is 2. The molecule has 2 aromatic heterocycles. The molecule has 0 spiro atoms. The summed E-state index contributed by atoms with van der Waals surface area (Å²) in [5, 5.41) is 15.6. The van der Waals surface area contributed by atoms with Gasteiger partial charge < -0.3 is 15.0 Å². The Morgan fingerprint density at radius 1 is 1.06 bits per heavy atom. The molecule has 1 saturated heterocycles. The fourth-order valence-electron chi connectivity index (χ4n) is 3.53. The van der Waals surface area contributed by atoms with Crippen LogP contribution >= 0.6 is 0 Å². The maximum Gasteiger partial charge on any atom is 0.338 e. The lowest BCUT2D eigenvalue weighted by Crippen LogP contribution is -2.38. The van der Waals surface area contributed by atoms with E-state index in [1.807, 2.05) is 24.4 Å². The van der Waals surface area contributed by atoms with Crippen LogP contribution in [0.1, 0.15) is 30.1 Å². The molecule has 0 atom stereocenters. The van der Waals surface area contributed by atoms with Gasteiger partial charge in [0.15, 0.2) is 11.6 Å². The molecule has 31 heavy (non-hydrogen) atoms. The highest BCUT2D eigenvalue weighted by Gasteiger charge is 2.26. The monoisotopic (exact) mass is 420 g/mol. The molecule has 3 aromatic rings. The lowest BCUT2D eigenvalue weighted by Gasteiger charge is -2.31. The summed E-state index contributed by atoms with van der Waals surface area (Å²) < 4.78 is 6.63. The second-order valence-corrected chi connectivity index (χ2v) is 7.25. The zero-order chi connectivity index (χ0) is 21.6. The Bertz CT molecular complexity index is 1010. The van der Waals surface area contributed by atoms with E-state index in [1.54, 1.807) is 42.1 Å². The highest BCUT2D eigenvalue weighted by atomic mass is 16.5. The summed E-state index contributed by atoms with van der Waals surface area (Å²) in [6.07, 6.45) is 4.98. The van der Waals surface area contributed by atoms with Gasteiger partial charge >= 0.3 is 5.97 Å². The van der Waals surface area contributed by atoms with Gasteiger partial charge in [-0.25, -0.2) is 9.48 Å². The van der Waals surface area contributed by atoms with Gasteiger partial charge in [-0.1, -0.05) is 0 Å². The minimum atomic E-state index is -0.367. The Balaban J connectivity index is 1.29. The number of aromatic nitrogens is 4. The van der Waals surface area contributed by atoms with Crippen LogP contribution in [0, 0.1) is 5.92 Å². The first kappa shape index (κ1) is 20.5. The highest BCUT2D eigenvalue weighted by molar-refractivity contribution is 5.94. The molecule has 160 valence electrons. The van der Waals surface area contributed by atoms with E-state index in [1.165, 1.54) is 0 Å². The number of hydrogen-bond donors (Lipinski definition) is 1. The number of ether oxygens (including phenoxy) is 1. The summed E-state index contributed by atoms with van der Waals surface area (Å²) in [4.78, 5) is 26.5. The van der Waals surface area contributed by atoms with Crippen molar-refractivity contribution in [2.75, 3.05) is 29.9 Å². The van der Waals surface area contributed by atoms with Crippen LogP contribution < -0.4 is 10.2 Å². The van der Waals surface area contributed by atoms with Crippen LogP contribution in [-0.4, -0.2) is 51.6 Å². The summed E-state index contributed by atoms with van der Waals surface area (Å²) >= 11 is 0. The molecule has 1 aromatic carbocycles. The number of carbonyl (C=O) groups excluding carboxylic acids is 2. The molecule has 1 fully saturated rings. The van der Waals surface area contributed by atoms with E-state index in [2.05, 4.69) is 25.5 Å². The van der Waals surface area contributed by atoms with E-state index in [-0.39, 0.29) is 17.8 Å². The third kappa shape index (κ3) is 4.88. The van der Waals surface area contributed by atoms with Crippen molar-refractivity contribution in [1.82, 2.24) is 20.0 Å². The van der Waals surface area contributed by atoms with Gasteiger partial charge in [-0.2, -0.15) is 5.10 Å². The molecular weight excluding hydrogens is 396 g/mol. The average molecular weight is 420 g/mol. The normalized spacial score (nSPS) is 14.3. The van der Waals surface area contributed by atoms with Crippen LogP contribution in [0.5, 0.6) is 0 Å². The van der Waals surface area contributed by atoms with Crippen LogP contribution in [0.3, 0.4) is 0 Å². The van der Waals surface area contributed by atoms with Gasteiger partial charge in [0.2, 0.25) is 5.91 Å². The van der Waals surface area contributed by atoms with Gasteiger partial charge in [-0.3, -0.25) is 4.79 Å². The van der Waals surface area contributed by atoms with Crippen LogP contribution in [0.4, 0.5) is 11.5 Å². The lowest BCUT2D eigenvalue weighted by atomic mass is 9.95. The van der Waals surface area contributed by atoms with Crippen molar-refractivity contribution in [3.8, 4) is 5.82 Å². The Morgan fingerprint density at radius 3 is 2.39 bits per heavy atom. The van der Waals surface area contributed by atoms with Crippen molar-refractivity contribution in [1.29, 1.82) is 0 Å². The standard InChI is InChI=1S/C22H24N6O3/c1-2-31-22(30)17-4-6-18(7-5-17)24-21(29)16-10-14-27(15-11-16)19-8-9-20(26-25-19)28-13-3-12-23-28/h3-9,12-13,16H,2,10-11,14-15H2,1H3,(H,24,29). The number of nitrogens with one attached hydrogen (secondary N) is 1. The Labute approximate surface area is 180 Å². The number of anilines is 2. The van der Waals surface area contributed by atoms with E-state index in [0.29, 0.717) is 23.7 Å². The molecule has 0 aliphatic carbocycles. The van der Waals surface area contributed by atoms with Crippen molar-refractivity contribution >= 4 is 23.4 Å². The van der Waals surface area contributed by atoms with Gasteiger partial charge in [0, 0.05) is 37.1 Å². The maximum absolute atomic E-state index is 12.6. The molecule has 0 bridgehead atoms. The van der Waals surface area contributed by atoms with Crippen LogP contribution in [-0.2, 0) is 9.53 Å². The zero-order valence-corrected chi connectivity index (χ0v) is 17.3. The fraction of sp³-hybridized carbons (Fsp3) is 0.318. The molecule has 4 rings (SSSR count). The molecule has 3 heterocycles. The Morgan fingerprint density at radius 2 is 1.77 bits per heavy atom. The summed E-state index contributed by atoms with van der Waals surface area (Å²) in [5.74, 6) is 1.01. The quantitative estimate of drug-likeness (QED) is 0.612. The zero-order valence-electron chi connectivity index (χ0n) is 17.3. The van der Waals surface area contributed by atoms with Crippen LogP contribution in [0.15, 0.2) is 54.9 Å². The van der Waals surface area contributed by atoms with Gasteiger partial charge in [0.1, 0.15) is 0 Å². The predicted octanol–water partition coefficient (Wildman–Crippen LogP) is 2.69. The molecule has 0 saturated carbocycles. The molecule has 1 amide bonds. The van der Waals surface area contributed by atoms with E-state index in [0.717, 1.165) is 31.7 Å². The smallest absolute Gasteiger partial charge is 0.338 e. The topological polar surface area (TPSA) is 102 Å². The average Bonchev–Trinajstić information content (AvgIpc) is 3.35. The maximum atomic E-state index is 12.6. The number of esters is 1.